The van der Waals surface area contributed by atoms with Gasteiger partial charge >= 0.3 is 0 Å². The van der Waals surface area contributed by atoms with Crippen molar-refractivity contribution in [2.75, 3.05) is 5.73 Å². The summed E-state index contributed by atoms with van der Waals surface area (Å²) in [6.45, 7) is 0. The van der Waals surface area contributed by atoms with E-state index >= 15 is 0 Å². The van der Waals surface area contributed by atoms with Crippen LogP contribution >= 0.6 is 0 Å². The van der Waals surface area contributed by atoms with Crippen LogP contribution in [0, 0.1) is 0 Å². The Labute approximate surface area is 101 Å². The number of fused-ring (bicyclic) bond motifs is 1. The molecule has 1 saturated carbocycles. The molecule has 0 spiro atoms. The van der Waals surface area contributed by atoms with E-state index in [0.29, 0.717) is 11.7 Å². The molecule has 0 saturated heterocycles. The van der Waals surface area contributed by atoms with Gasteiger partial charge in [0.1, 0.15) is 5.82 Å². The Hall–Kier alpha value is -1.64. The molecular formula is C14H17N3. The first-order chi connectivity index (χ1) is 8.34. The SMILES string of the molecule is Nc1nc(C2CCCCC2)cc2cnccc12. The number of hydrogen-bond donors (Lipinski definition) is 1. The van der Waals surface area contributed by atoms with Crippen molar-refractivity contribution >= 4 is 16.6 Å². The van der Waals surface area contributed by atoms with Crippen molar-refractivity contribution in [2.24, 2.45) is 0 Å². The summed E-state index contributed by atoms with van der Waals surface area (Å²) in [5.74, 6) is 1.24. The summed E-state index contributed by atoms with van der Waals surface area (Å²) in [7, 11) is 0. The molecule has 0 aliphatic heterocycles. The van der Waals surface area contributed by atoms with Crippen LogP contribution < -0.4 is 5.73 Å². The van der Waals surface area contributed by atoms with E-state index in [2.05, 4.69) is 16.0 Å². The highest BCUT2D eigenvalue weighted by atomic mass is 14.8. The molecule has 2 N–H and O–H groups in total. The zero-order chi connectivity index (χ0) is 11.7. The molecule has 2 aromatic rings. The number of nitrogen functional groups attached to an aromatic ring is 1. The maximum absolute atomic E-state index is 6.02. The number of anilines is 1. The van der Waals surface area contributed by atoms with Gasteiger partial charge in [-0.2, -0.15) is 0 Å². The Morgan fingerprint density at radius 1 is 1.18 bits per heavy atom. The molecule has 3 rings (SSSR count). The van der Waals surface area contributed by atoms with Crippen LogP contribution in [0.5, 0.6) is 0 Å². The normalized spacial score (nSPS) is 17.4. The van der Waals surface area contributed by atoms with Crippen LogP contribution in [0.1, 0.15) is 43.7 Å². The van der Waals surface area contributed by atoms with Gasteiger partial charge in [-0.15, -0.1) is 0 Å². The molecule has 0 aromatic carbocycles. The van der Waals surface area contributed by atoms with Crippen molar-refractivity contribution in [3.63, 3.8) is 0 Å². The molecule has 17 heavy (non-hydrogen) atoms. The summed E-state index contributed by atoms with van der Waals surface area (Å²) in [4.78, 5) is 8.73. The Morgan fingerprint density at radius 3 is 2.82 bits per heavy atom. The fourth-order valence-electron chi connectivity index (χ4n) is 2.75. The molecule has 88 valence electrons. The molecule has 1 aliphatic rings. The summed E-state index contributed by atoms with van der Waals surface area (Å²) in [6.07, 6.45) is 10.1. The maximum Gasteiger partial charge on any atom is 0.131 e. The highest BCUT2D eigenvalue weighted by Gasteiger charge is 2.17. The van der Waals surface area contributed by atoms with Gasteiger partial charge in [0.15, 0.2) is 0 Å². The number of nitrogens with two attached hydrogens (primary N) is 1. The van der Waals surface area contributed by atoms with Crippen LogP contribution in [-0.4, -0.2) is 9.97 Å². The van der Waals surface area contributed by atoms with Crippen LogP contribution in [-0.2, 0) is 0 Å². The summed E-state index contributed by atoms with van der Waals surface area (Å²) in [6, 6.07) is 4.09. The van der Waals surface area contributed by atoms with Gasteiger partial charge in [-0.05, 0) is 25.0 Å². The lowest BCUT2D eigenvalue weighted by Crippen LogP contribution is -2.08. The van der Waals surface area contributed by atoms with E-state index in [4.69, 9.17) is 5.73 Å². The topological polar surface area (TPSA) is 51.8 Å². The third-order valence-electron chi connectivity index (χ3n) is 3.70. The Kier molecular flexibility index (Phi) is 2.67. The number of hydrogen-bond acceptors (Lipinski definition) is 3. The van der Waals surface area contributed by atoms with Crippen LogP contribution in [0.15, 0.2) is 24.5 Å². The molecule has 3 nitrogen and oxygen atoms in total. The molecule has 0 unspecified atom stereocenters. The van der Waals surface area contributed by atoms with Gasteiger partial charge in [0.05, 0.1) is 0 Å². The lowest BCUT2D eigenvalue weighted by Gasteiger charge is -2.21. The van der Waals surface area contributed by atoms with Crippen molar-refractivity contribution < 1.29 is 0 Å². The summed E-state index contributed by atoms with van der Waals surface area (Å²) < 4.78 is 0. The van der Waals surface area contributed by atoms with E-state index in [1.807, 2.05) is 12.3 Å². The molecule has 0 bridgehead atoms. The van der Waals surface area contributed by atoms with E-state index in [0.717, 1.165) is 16.5 Å². The molecule has 3 heteroatoms. The Balaban J connectivity index is 2.05. The van der Waals surface area contributed by atoms with Gasteiger partial charge in [-0.3, -0.25) is 4.98 Å². The van der Waals surface area contributed by atoms with E-state index < -0.39 is 0 Å². The van der Waals surface area contributed by atoms with Crippen LogP contribution in [0.4, 0.5) is 5.82 Å². The highest BCUT2D eigenvalue weighted by molar-refractivity contribution is 5.90. The summed E-state index contributed by atoms with van der Waals surface area (Å²) in [5.41, 5.74) is 7.18. The van der Waals surface area contributed by atoms with E-state index in [1.54, 1.807) is 6.20 Å². The molecular weight excluding hydrogens is 210 g/mol. The molecule has 0 radical (unpaired) electrons. The monoisotopic (exact) mass is 227 g/mol. The average Bonchev–Trinajstić information content (AvgIpc) is 2.40. The highest BCUT2D eigenvalue weighted by Crippen LogP contribution is 2.33. The predicted octanol–water partition coefficient (Wildman–Crippen LogP) is 3.26. The standard InChI is InChI=1S/C14H17N3/c15-14-12-6-7-16-9-11(12)8-13(17-14)10-4-2-1-3-5-10/h6-10H,1-5H2,(H2,15,17). The number of rotatable bonds is 1. The van der Waals surface area contributed by atoms with Crippen molar-refractivity contribution in [3.05, 3.63) is 30.2 Å². The van der Waals surface area contributed by atoms with Gasteiger partial charge in [0.25, 0.3) is 0 Å². The minimum Gasteiger partial charge on any atom is -0.383 e. The second-order valence-electron chi connectivity index (χ2n) is 4.86. The first kappa shape index (κ1) is 10.5. The molecule has 1 aliphatic carbocycles. The van der Waals surface area contributed by atoms with Gasteiger partial charge in [-0.1, -0.05) is 19.3 Å². The van der Waals surface area contributed by atoms with Crippen molar-refractivity contribution in [1.82, 2.24) is 9.97 Å². The molecule has 0 amide bonds. The van der Waals surface area contributed by atoms with Crippen LogP contribution in [0.3, 0.4) is 0 Å². The number of aromatic nitrogens is 2. The predicted molar refractivity (Wildman–Crippen MR) is 69.8 cm³/mol. The fraction of sp³-hybridized carbons (Fsp3) is 0.429. The molecule has 2 heterocycles. The van der Waals surface area contributed by atoms with E-state index in [-0.39, 0.29) is 0 Å². The number of nitrogens with zero attached hydrogens (tertiary/aromatic N) is 2. The number of pyridine rings is 2. The maximum atomic E-state index is 6.02. The van der Waals surface area contributed by atoms with Crippen molar-refractivity contribution in [2.45, 2.75) is 38.0 Å². The van der Waals surface area contributed by atoms with Crippen LogP contribution in [0.2, 0.25) is 0 Å². The van der Waals surface area contributed by atoms with Crippen LogP contribution in [0.25, 0.3) is 10.8 Å². The van der Waals surface area contributed by atoms with Crippen molar-refractivity contribution in [1.29, 1.82) is 0 Å². The van der Waals surface area contributed by atoms with Gasteiger partial charge in [0.2, 0.25) is 0 Å². The first-order valence-corrected chi connectivity index (χ1v) is 6.35. The minimum absolute atomic E-state index is 0.593. The van der Waals surface area contributed by atoms with Gasteiger partial charge in [-0.25, -0.2) is 4.98 Å². The third-order valence-corrected chi connectivity index (χ3v) is 3.70. The van der Waals surface area contributed by atoms with E-state index in [9.17, 15) is 0 Å². The van der Waals surface area contributed by atoms with E-state index in [1.165, 1.54) is 32.1 Å². The minimum atomic E-state index is 0.593. The van der Waals surface area contributed by atoms with Gasteiger partial charge < -0.3 is 5.73 Å². The van der Waals surface area contributed by atoms with Crippen molar-refractivity contribution in [3.8, 4) is 0 Å². The third kappa shape index (κ3) is 1.97. The second-order valence-corrected chi connectivity index (χ2v) is 4.86. The largest absolute Gasteiger partial charge is 0.383 e. The Bertz CT molecular complexity index is 530. The zero-order valence-corrected chi connectivity index (χ0v) is 9.89. The lowest BCUT2D eigenvalue weighted by molar-refractivity contribution is 0.437. The van der Waals surface area contributed by atoms with Gasteiger partial charge in [0, 0.05) is 34.8 Å². The quantitative estimate of drug-likeness (QED) is 0.813. The molecule has 0 atom stereocenters. The second kappa shape index (κ2) is 4.32. The summed E-state index contributed by atoms with van der Waals surface area (Å²) >= 11 is 0. The Morgan fingerprint density at radius 2 is 2.00 bits per heavy atom. The smallest absolute Gasteiger partial charge is 0.131 e. The average molecular weight is 227 g/mol. The zero-order valence-electron chi connectivity index (χ0n) is 9.89. The summed E-state index contributed by atoms with van der Waals surface area (Å²) in [5, 5.41) is 2.13. The molecule has 2 aromatic heterocycles. The fourth-order valence-corrected chi connectivity index (χ4v) is 2.75. The lowest BCUT2D eigenvalue weighted by atomic mass is 9.86. The first-order valence-electron chi connectivity index (χ1n) is 6.35. The molecule has 1 fully saturated rings.